The number of nitrogen functional groups attached to an aromatic ring is 1. The van der Waals surface area contributed by atoms with E-state index in [1.54, 1.807) is 12.4 Å². The molecule has 8 nitrogen and oxygen atoms in total. The number of benzene rings is 1. The fourth-order valence-corrected chi connectivity index (χ4v) is 2.22. The van der Waals surface area contributed by atoms with E-state index in [2.05, 4.69) is 10.2 Å². The van der Waals surface area contributed by atoms with E-state index in [1.165, 1.54) is 12.1 Å². The molecule has 3 rings (SSSR count). The summed E-state index contributed by atoms with van der Waals surface area (Å²) in [6.45, 7) is 2.15. The third-order valence-electron chi connectivity index (χ3n) is 3.20. The summed E-state index contributed by atoms with van der Waals surface area (Å²) in [4.78, 5) is 12.3. The maximum atomic E-state index is 10.7. The first kappa shape index (κ1) is 11.5. The van der Waals surface area contributed by atoms with Crippen LogP contribution in [-0.4, -0.2) is 26.2 Å². The second kappa shape index (κ2) is 4.23. The minimum absolute atomic E-state index is 0.00132. The van der Waals surface area contributed by atoms with Crippen molar-refractivity contribution >= 4 is 17.1 Å². The van der Waals surface area contributed by atoms with Crippen LogP contribution < -0.4 is 10.6 Å². The third-order valence-corrected chi connectivity index (χ3v) is 3.20. The topological polar surface area (TPSA) is 103 Å². The summed E-state index contributed by atoms with van der Waals surface area (Å²) in [5.41, 5.74) is 7.09. The Balaban J connectivity index is 1.90. The summed E-state index contributed by atoms with van der Waals surface area (Å²) in [7, 11) is 0. The summed E-state index contributed by atoms with van der Waals surface area (Å²) in [6, 6.07) is 4.53. The molecule has 0 saturated carbocycles. The first-order chi connectivity index (χ1) is 9.15. The highest BCUT2D eigenvalue weighted by Gasteiger charge is 2.20. The van der Waals surface area contributed by atoms with Crippen LogP contribution in [0.15, 0.2) is 24.5 Å². The van der Waals surface area contributed by atoms with Gasteiger partial charge in [0, 0.05) is 25.2 Å². The lowest BCUT2D eigenvalue weighted by Gasteiger charge is -2.29. The lowest BCUT2D eigenvalue weighted by atomic mass is 10.2. The van der Waals surface area contributed by atoms with Gasteiger partial charge in [0.2, 0.25) is 0 Å². The van der Waals surface area contributed by atoms with E-state index in [9.17, 15) is 10.1 Å². The van der Waals surface area contributed by atoms with Gasteiger partial charge >= 0.3 is 0 Å². The maximum absolute atomic E-state index is 10.7. The molecule has 0 saturated heterocycles. The quantitative estimate of drug-likeness (QED) is 0.486. The van der Waals surface area contributed by atoms with Crippen LogP contribution >= 0.6 is 0 Å². The Morgan fingerprint density at radius 1 is 1.37 bits per heavy atom. The highest BCUT2D eigenvalue weighted by atomic mass is 16.6. The van der Waals surface area contributed by atoms with Crippen LogP contribution in [0.3, 0.4) is 0 Å². The number of nitro benzene ring substituents is 1. The first-order valence-corrected chi connectivity index (χ1v) is 5.80. The Kier molecular flexibility index (Phi) is 2.55. The molecule has 98 valence electrons. The van der Waals surface area contributed by atoms with E-state index >= 15 is 0 Å². The van der Waals surface area contributed by atoms with Gasteiger partial charge in [-0.1, -0.05) is 0 Å². The second-order valence-electron chi connectivity index (χ2n) is 4.36. The minimum Gasteiger partial charge on any atom is -0.397 e. The Morgan fingerprint density at radius 2 is 2.21 bits per heavy atom. The zero-order valence-electron chi connectivity index (χ0n) is 10.1. The van der Waals surface area contributed by atoms with Crippen molar-refractivity contribution in [3.05, 3.63) is 40.5 Å². The van der Waals surface area contributed by atoms with Crippen molar-refractivity contribution in [2.75, 3.05) is 17.2 Å². The molecule has 2 aromatic rings. The van der Waals surface area contributed by atoms with Gasteiger partial charge in [0.1, 0.15) is 6.33 Å². The average Bonchev–Trinajstić information content (AvgIpc) is 2.85. The van der Waals surface area contributed by atoms with Crippen molar-refractivity contribution in [2.45, 2.75) is 13.1 Å². The molecule has 19 heavy (non-hydrogen) atoms. The summed E-state index contributed by atoms with van der Waals surface area (Å²) < 4.78 is 1.98. The first-order valence-electron chi connectivity index (χ1n) is 5.80. The van der Waals surface area contributed by atoms with Crippen LogP contribution in [0.5, 0.6) is 0 Å². The zero-order valence-corrected chi connectivity index (χ0v) is 10.1. The largest absolute Gasteiger partial charge is 0.397 e. The summed E-state index contributed by atoms with van der Waals surface area (Å²) in [5, 5.41) is 18.6. The van der Waals surface area contributed by atoms with Crippen LogP contribution in [0, 0.1) is 10.1 Å². The van der Waals surface area contributed by atoms with Crippen molar-refractivity contribution in [1.82, 2.24) is 14.8 Å². The molecular weight excluding hydrogens is 248 g/mol. The molecular formula is C11H12N6O2. The van der Waals surface area contributed by atoms with Gasteiger partial charge < -0.3 is 15.2 Å². The standard InChI is InChI=1S/C11H12N6O2/c12-9-5-8(17(18)19)1-2-10(9)15-3-4-16-7-13-14-11(16)6-15/h1-2,5,7H,3-4,6,12H2. The number of fused-ring (bicyclic) bond motifs is 1. The van der Waals surface area contributed by atoms with E-state index in [-0.39, 0.29) is 5.69 Å². The second-order valence-corrected chi connectivity index (χ2v) is 4.36. The van der Waals surface area contributed by atoms with E-state index in [1.807, 2.05) is 9.47 Å². The SMILES string of the molecule is Nc1cc([N+](=O)[O-])ccc1N1CCn2cnnc2C1. The summed E-state index contributed by atoms with van der Waals surface area (Å²) >= 11 is 0. The van der Waals surface area contributed by atoms with Crippen LogP contribution in [0.1, 0.15) is 5.82 Å². The van der Waals surface area contributed by atoms with E-state index in [4.69, 9.17) is 5.73 Å². The van der Waals surface area contributed by atoms with Crippen molar-refractivity contribution in [2.24, 2.45) is 0 Å². The van der Waals surface area contributed by atoms with Crippen LogP contribution in [-0.2, 0) is 13.1 Å². The lowest BCUT2D eigenvalue weighted by molar-refractivity contribution is -0.384. The number of nitrogens with zero attached hydrogens (tertiary/aromatic N) is 5. The van der Waals surface area contributed by atoms with Crippen LogP contribution in [0.2, 0.25) is 0 Å². The summed E-state index contributed by atoms with van der Waals surface area (Å²) in [6.07, 6.45) is 1.70. The predicted molar refractivity (Wildman–Crippen MR) is 68.6 cm³/mol. The van der Waals surface area contributed by atoms with Crippen LogP contribution in [0.4, 0.5) is 17.1 Å². The van der Waals surface area contributed by atoms with E-state index in [0.717, 1.165) is 24.6 Å². The molecule has 0 spiro atoms. The molecule has 0 bridgehead atoms. The van der Waals surface area contributed by atoms with Crippen LogP contribution in [0.25, 0.3) is 0 Å². The number of hydrogen-bond donors (Lipinski definition) is 1. The Bertz CT molecular complexity index is 638. The van der Waals surface area contributed by atoms with Crippen molar-refractivity contribution < 1.29 is 4.92 Å². The molecule has 1 aromatic heterocycles. The summed E-state index contributed by atoms with van der Waals surface area (Å²) in [5.74, 6) is 0.865. The molecule has 0 aliphatic carbocycles. The molecule has 8 heteroatoms. The van der Waals surface area contributed by atoms with Gasteiger partial charge in [-0.15, -0.1) is 10.2 Å². The predicted octanol–water partition coefficient (Wildman–Crippen LogP) is 0.789. The molecule has 0 radical (unpaired) electrons. The van der Waals surface area contributed by atoms with Gasteiger partial charge in [0.15, 0.2) is 5.82 Å². The van der Waals surface area contributed by atoms with Crippen molar-refractivity contribution in [3.63, 3.8) is 0 Å². The van der Waals surface area contributed by atoms with Gasteiger partial charge in [0.25, 0.3) is 5.69 Å². The van der Waals surface area contributed by atoms with Gasteiger partial charge in [-0.3, -0.25) is 10.1 Å². The lowest BCUT2D eigenvalue weighted by Crippen LogP contribution is -2.34. The number of nitro groups is 1. The number of hydrogen-bond acceptors (Lipinski definition) is 6. The Hall–Kier alpha value is -2.64. The molecule has 2 heterocycles. The fraction of sp³-hybridized carbons (Fsp3) is 0.273. The maximum Gasteiger partial charge on any atom is 0.271 e. The normalized spacial score (nSPS) is 14.2. The smallest absolute Gasteiger partial charge is 0.271 e. The van der Waals surface area contributed by atoms with E-state index < -0.39 is 4.92 Å². The van der Waals surface area contributed by atoms with Gasteiger partial charge in [-0.25, -0.2) is 0 Å². The molecule has 0 atom stereocenters. The van der Waals surface area contributed by atoms with E-state index in [0.29, 0.717) is 12.2 Å². The molecule has 1 aliphatic rings. The van der Waals surface area contributed by atoms with Gasteiger partial charge in [-0.05, 0) is 6.07 Å². The molecule has 1 aromatic carbocycles. The molecule has 0 amide bonds. The highest BCUT2D eigenvalue weighted by Crippen LogP contribution is 2.29. The number of nitrogens with two attached hydrogens (primary N) is 1. The minimum atomic E-state index is -0.451. The number of non-ortho nitro benzene ring substituents is 1. The third kappa shape index (κ3) is 1.96. The molecule has 0 fully saturated rings. The average molecular weight is 260 g/mol. The van der Waals surface area contributed by atoms with Crippen molar-refractivity contribution in [3.8, 4) is 0 Å². The number of rotatable bonds is 2. The Morgan fingerprint density at radius 3 is 2.95 bits per heavy atom. The molecule has 1 aliphatic heterocycles. The van der Waals surface area contributed by atoms with Gasteiger partial charge in [0.05, 0.1) is 22.8 Å². The molecule has 0 unspecified atom stereocenters. The fourth-order valence-electron chi connectivity index (χ4n) is 2.22. The Labute approximate surface area is 108 Å². The zero-order chi connectivity index (χ0) is 13.4. The van der Waals surface area contributed by atoms with Gasteiger partial charge in [-0.2, -0.15) is 0 Å². The van der Waals surface area contributed by atoms with Crippen molar-refractivity contribution in [1.29, 1.82) is 0 Å². The number of anilines is 2. The number of aromatic nitrogens is 3. The highest BCUT2D eigenvalue weighted by molar-refractivity contribution is 5.70. The monoisotopic (exact) mass is 260 g/mol. The molecule has 2 N–H and O–H groups in total.